The van der Waals surface area contributed by atoms with Crippen LogP contribution in [0.4, 0.5) is 0 Å². The van der Waals surface area contributed by atoms with Crippen molar-refractivity contribution in [3.63, 3.8) is 0 Å². The van der Waals surface area contributed by atoms with Crippen molar-refractivity contribution >= 4 is 22.6 Å². The van der Waals surface area contributed by atoms with Crippen molar-refractivity contribution in [3.05, 3.63) is 65.2 Å². The molecule has 0 atom stereocenters. The molecule has 0 aliphatic rings. The minimum absolute atomic E-state index is 0.711. The Balaban J connectivity index is 1.74. The molecule has 4 heteroatoms. The summed E-state index contributed by atoms with van der Waals surface area (Å²) in [6.07, 6.45) is 0. The van der Waals surface area contributed by atoms with Crippen molar-refractivity contribution in [1.82, 2.24) is 9.97 Å². The zero-order chi connectivity index (χ0) is 15.1. The first-order valence-corrected chi connectivity index (χ1v) is 7.39. The van der Waals surface area contributed by atoms with Crippen LogP contribution in [-0.2, 0) is 0 Å². The number of fused-ring (bicyclic) bond motifs is 1. The van der Waals surface area contributed by atoms with Crippen LogP contribution in [0.1, 0.15) is 5.56 Å². The molecule has 0 unspecified atom stereocenters. The van der Waals surface area contributed by atoms with E-state index >= 15 is 0 Å². The number of aryl methyl sites for hydroxylation is 1. The van der Waals surface area contributed by atoms with Gasteiger partial charge in [-0.1, -0.05) is 17.7 Å². The third-order valence-electron chi connectivity index (χ3n) is 3.61. The molecule has 0 saturated carbocycles. The lowest BCUT2D eigenvalue weighted by Crippen LogP contribution is -1.75. The van der Waals surface area contributed by atoms with Crippen LogP contribution >= 0.6 is 11.6 Å². The number of halogens is 1. The molecular weight excluding hydrogens is 296 g/mol. The molecule has 0 bridgehead atoms. The molecule has 2 heterocycles. The minimum atomic E-state index is 0.711. The molecule has 0 spiro atoms. The average molecular weight is 309 g/mol. The highest BCUT2D eigenvalue weighted by Gasteiger charge is 2.11. The first kappa shape index (κ1) is 13.2. The molecule has 0 amide bonds. The molecule has 0 radical (unpaired) electrons. The number of hydrogen-bond acceptors (Lipinski definition) is 2. The number of furan rings is 1. The molecule has 4 rings (SSSR count). The van der Waals surface area contributed by atoms with Gasteiger partial charge in [-0.3, -0.25) is 0 Å². The van der Waals surface area contributed by atoms with Gasteiger partial charge in [0.05, 0.1) is 11.0 Å². The van der Waals surface area contributed by atoms with Gasteiger partial charge in [-0.25, -0.2) is 4.98 Å². The summed E-state index contributed by atoms with van der Waals surface area (Å²) in [7, 11) is 0. The van der Waals surface area contributed by atoms with Crippen LogP contribution in [0, 0.1) is 6.92 Å². The lowest BCUT2D eigenvalue weighted by molar-refractivity contribution is 0.593. The van der Waals surface area contributed by atoms with Gasteiger partial charge in [0.1, 0.15) is 5.76 Å². The van der Waals surface area contributed by atoms with Crippen LogP contribution < -0.4 is 0 Å². The number of imidazole rings is 1. The van der Waals surface area contributed by atoms with Gasteiger partial charge in [0.15, 0.2) is 11.6 Å². The molecule has 3 nitrogen and oxygen atoms in total. The zero-order valence-corrected chi connectivity index (χ0v) is 12.7. The number of H-pyrrole nitrogens is 1. The smallest absolute Gasteiger partial charge is 0.174 e. The van der Waals surface area contributed by atoms with E-state index in [4.69, 9.17) is 16.0 Å². The highest BCUT2D eigenvalue weighted by atomic mass is 35.5. The van der Waals surface area contributed by atoms with Gasteiger partial charge in [-0.2, -0.15) is 0 Å². The fourth-order valence-corrected chi connectivity index (χ4v) is 2.60. The van der Waals surface area contributed by atoms with E-state index in [0.29, 0.717) is 5.02 Å². The maximum atomic E-state index is 5.92. The zero-order valence-electron chi connectivity index (χ0n) is 11.9. The topological polar surface area (TPSA) is 41.8 Å². The van der Waals surface area contributed by atoms with Gasteiger partial charge in [0.25, 0.3) is 0 Å². The quantitative estimate of drug-likeness (QED) is 0.535. The van der Waals surface area contributed by atoms with Crippen LogP contribution in [0.5, 0.6) is 0 Å². The molecule has 0 aliphatic carbocycles. The largest absolute Gasteiger partial charge is 0.453 e. The van der Waals surface area contributed by atoms with E-state index in [-0.39, 0.29) is 0 Å². The summed E-state index contributed by atoms with van der Waals surface area (Å²) >= 11 is 5.91. The second-order valence-electron chi connectivity index (χ2n) is 5.28. The number of nitrogens with one attached hydrogen (secondary N) is 1. The van der Waals surface area contributed by atoms with E-state index in [1.165, 1.54) is 5.56 Å². The third-order valence-corrected chi connectivity index (χ3v) is 3.86. The molecule has 4 aromatic rings. The Kier molecular flexibility index (Phi) is 3.01. The SMILES string of the molecule is Cc1ccc2nc(-c3ccc(-c4ccc(Cl)cc4)o3)[nH]c2c1. The standard InChI is InChI=1S/C18H13ClN2O/c1-11-2-7-14-15(10-11)21-18(20-14)17-9-8-16(22-17)12-3-5-13(19)6-4-12/h2-10H,1H3,(H,20,21). The second-order valence-corrected chi connectivity index (χ2v) is 5.71. The molecule has 0 fully saturated rings. The van der Waals surface area contributed by atoms with Crippen LogP contribution in [0.2, 0.25) is 5.02 Å². The summed E-state index contributed by atoms with van der Waals surface area (Å²) in [5, 5.41) is 0.711. The van der Waals surface area contributed by atoms with Crippen molar-refractivity contribution in [2.45, 2.75) is 6.92 Å². The second kappa shape index (κ2) is 5.04. The maximum Gasteiger partial charge on any atom is 0.174 e. The Morgan fingerprint density at radius 3 is 2.55 bits per heavy atom. The Morgan fingerprint density at radius 2 is 1.73 bits per heavy atom. The number of benzene rings is 2. The molecule has 0 saturated heterocycles. The van der Waals surface area contributed by atoms with Crippen molar-refractivity contribution < 1.29 is 4.42 Å². The Bertz CT molecular complexity index is 951. The van der Waals surface area contributed by atoms with E-state index in [1.54, 1.807) is 0 Å². The minimum Gasteiger partial charge on any atom is -0.453 e. The van der Waals surface area contributed by atoms with Gasteiger partial charge in [-0.15, -0.1) is 0 Å². The third kappa shape index (κ3) is 2.30. The van der Waals surface area contributed by atoms with E-state index in [1.807, 2.05) is 48.5 Å². The van der Waals surface area contributed by atoms with Gasteiger partial charge in [0, 0.05) is 10.6 Å². The molecule has 22 heavy (non-hydrogen) atoms. The summed E-state index contributed by atoms with van der Waals surface area (Å²) in [5.41, 5.74) is 4.14. The van der Waals surface area contributed by atoms with Crippen LogP contribution in [0.15, 0.2) is 59.0 Å². The first-order chi connectivity index (χ1) is 10.7. The Labute approximate surface area is 132 Å². The summed E-state index contributed by atoms with van der Waals surface area (Å²) in [5.74, 6) is 2.25. The fourth-order valence-electron chi connectivity index (χ4n) is 2.47. The number of rotatable bonds is 2. The van der Waals surface area contributed by atoms with Gasteiger partial charge < -0.3 is 9.40 Å². The van der Waals surface area contributed by atoms with Crippen LogP contribution in [0.3, 0.4) is 0 Å². The summed E-state index contributed by atoms with van der Waals surface area (Å²) in [6, 6.07) is 17.6. The van der Waals surface area contributed by atoms with Crippen molar-refractivity contribution in [3.8, 4) is 22.9 Å². The lowest BCUT2D eigenvalue weighted by Gasteiger charge is -1.96. The van der Waals surface area contributed by atoms with Gasteiger partial charge in [0.2, 0.25) is 0 Å². The van der Waals surface area contributed by atoms with Gasteiger partial charge >= 0.3 is 0 Å². The number of aromatic nitrogens is 2. The van der Waals surface area contributed by atoms with E-state index in [2.05, 4.69) is 23.0 Å². The summed E-state index contributed by atoms with van der Waals surface area (Å²) in [4.78, 5) is 7.88. The van der Waals surface area contributed by atoms with E-state index < -0.39 is 0 Å². The van der Waals surface area contributed by atoms with Crippen molar-refractivity contribution in [1.29, 1.82) is 0 Å². The van der Waals surface area contributed by atoms with Gasteiger partial charge in [-0.05, 0) is 61.0 Å². The predicted molar refractivity (Wildman–Crippen MR) is 89.0 cm³/mol. The van der Waals surface area contributed by atoms with E-state index in [0.717, 1.165) is 33.9 Å². The number of hydrogen-bond donors (Lipinski definition) is 1. The molecular formula is C18H13ClN2O. The lowest BCUT2D eigenvalue weighted by atomic mass is 10.2. The molecule has 0 aliphatic heterocycles. The predicted octanol–water partition coefficient (Wildman–Crippen LogP) is 5.45. The number of aromatic amines is 1. The van der Waals surface area contributed by atoms with Crippen molar-refractivity contribution in [2.24, 2.45) is 0 Å². The van der Waals surface area contributed by atoms with E-state index in [9.17, 15) is 0 Å². The summed E-state index contributed by atoms with van der Waals surface area (Å²) < 4.78 is 5.92. The summed E-state index contributed by atoms with van der Waals surface area (Å²) in [6.45, 7) is 2.06. The maximum absolute atomic E-state index is 5.92. The van der Waals surface area contributed by atoms with Crippen LogP contribution in [-0.4, -0.2) is 9.97 Å². The molecule has 108 valence electrons. The highest BCUT2D eigenvalue weighted by molar-refractivity contribution is 6.30. The first-order valence-electron chi connectivity index (χ1n) is 7.01. The Morgan fingerprint density at radius 1 is 0.955 bits per heavy atom. The Hall–Kier alpha value is -2.52. The average Bonchev–Trinajstić information content (AvgIpc) is 3.13. The van der Waals surface area contributed by atoms with Crippen LogP contribution in [0.25, 0.3) is 33.9 Å². The molecule has 2 aromatic heterocycles. The van der Waals surface area contributed by atoms with Crippen molar-refractivity contribution in [2.75, 3.05) is 0 Å². The highest BCUT2D eigenvalue weighted by Crippen LogP contribution is 2.29. The molecule has 2 aromatic carbocycles. The normalized spacial score (nSPS) is 11.2. The fraction of sp³-hybridized carbons (Fsp3) is 0.0556. The number of nitrogens with zero attached hydrogens (tertiary/aromatic N) is 1. The molecule has 1 N–H and O–H groups in total. The monoisotopic (exact) mass is 308 g/mol.